The van der Waals surface area contributed by atoms with E-state index in [2.05, 4.69) is 6.58 Å². The fraction of sp³-hybridized carbons (Fsp3) is 0.320. The van der Waals surface area contributed by atoms with Crippen molar-refractivity contribution in [1.29, 1.82) is 0 Å². The quantitative estimate of drug-likeness (QED) is 0.476. The number of thiocarbonyl (C=S) groups is 1. The van der Waals surface area contributed by atoms with Crippen LogP contribution in [0.2, 0.25) is 0 Å². The maximum absolute atomic E-state index is 14.6. The van der Waals surface area contributed by atoms with Crippen LogP contribution >= 0.6 is 24.0 Å². The van der Waals surface area contributed by atoms with E-state index >= 15 is 0 Å². The summed E-state index contributed by atoms with van der Waals surface area (Å²) < 4.78 is 19.1. The Morgan fingerprint density at radius 2 is 2.00 bits per heavy atom. The van der Waals surface area contributed by atoms with Crippen LogP contribution in [-0.2, 0) is 15.1 Å². The minimum atomic E-state index is -1.44. The molecule has 0 N–H and O–H groups in total. The number of carbonyl (C=O) groups is 2. The second kappa shape index (κ2) is 7.90. The zero-order valence-corrected chi connectivity index (χ0v) is 20.7. The van der Waals surface area contributed by atoms with Crippen molar-refractivity contribution in [3.05, 3.63) is 72.1 Å². The van der Waals surface area contributed by atoms with Gasteiger partial charge < -0.3 is 9.64 Å². The first-order valence-electron chi connectivity index (χ1n) is 10.8. The highest BCUT2D eigenvalue weighted by Gasteiger charge is 2.78. The Bertz CT molecular complexity index is 1250. The molecule has 0 saturated carbocycles. The van der Waals surface area contributed by atoms with Crippen molar-refractivity contribution in [2.24, 2.45) is 0 Å². The molecule has 2 amide bonds. The van der Waals surface area contributed by atoms with Crippen LogP contribution in [0.25, 0.3) is 0 Å². The van der Waals surface area contributed by atoms with Gasteiger partial charge in [0, 0.05) is 37.3 Å². The monoisotopic (exact) mass is 497 g/mol. The van der Waals surface area contributed by atoms with Gasteiger partial charge in [0.2, 0.25) is 5.91 Å². The van der Waals surface area contributed by atoms with E-state index in [0.717, 1.165) is 5.56 Å². The number of likely N-dealkylation sites (N-methyl/N-ethyl adjacent to an activating group) is 2. The molecule has 2 aromatic rings. The maximum atomic E-state index is 14.6. The normalized spacial score (nSPS) is 28.5. The van der Waals surface area contributed by atoms with E-state index in [4.69, 9.17) is 17.0 Å². The van der Waals surface area contributed by atoms with Crippen LogP contribution in [0.15, 0.2) is 55.1 Å². The van der Waals surface area contributed by atoms with Gasteiger partial charge in [-0.2, -0.15) is 0 Å². The number of likely N-dealkylation sites (tertiary alicyclic amines) is 1. The van der Waals surface area contributed by atoms with Crippen molar-refractivity contribution < 1.29 is 18.7 Å². The lowest BCUT2D eigenvalue weighted by Crippen LogP contribution is -2.62. The number of nitrogens with zero attached hydrogens (tertiary/aromatic N) is 3. The standard InChI is InChI=1S/C25H24FN3O3S2/c1-5-11-29-22(31)25(34-23(29)33)19(15-7-6-8-17(12-15)32-4)14-27(2)24(25)18-13-16(26)9-10-20(18)28(3)21(24)30/h5-10,12-13,19H,1,11,14H2,2-4H3/t19-,24-,25+/m0/s1. The fourth-order valence-electron chi connectivity index (χ4n) is 5.81. The third kappa shape index (κ3) is 2.68. The minimum absolute atomic E-state index is 0.233. The molecule has 2 saturated heterocycles. The number of halogens is 1. The highest BCUT2D eigenvalue weighted by Crippen LogP contribution is 2.66. The van der Waals surface area contributed by atoms with Crippen LogP contribution < -0.4 is 9.64 Å². The average Bonchev–Trinajstić information content (AvgIpc) is 3.33. The van der Waals surface area contributed by atoms with Gasteiger partial charge >= 0.3 is 0 Å². The number of ether oxygens (including phenoxy) is 1. The van der Waals surface area contributed by atoms with Crippen molar-refractivity contribution in [2.75, 3.05) is 39.2 Å². The molecule has 5 rings (SSSR count). The smallest absolute Gasteiger partial charge is 0.254 e. The lowest BCUT2D eigenvalue weighted by molar-refractivity contribution is -0.138. The summed E-state index contributed by atoms with van der Waals surface area (Å²) in [5, 5.41) is 0. The summed E-state index contributed by atoms with van der Waals surface area (Å²) in [5.41, 5.74) is 0.490. The summed E-state index contributed by atoms with van der Waals surface area (Å²) in [5.74, 6) is -0.762. The predicted molar refractivity (Wildman–Crippen MR) is 135 cm³/mol. The Labute approximate surface area is 207 Å². The molecule has 0 unspecified atom stereocenters. The molecule has 2 aromatic carbocycles. The first-order chi connectivity index (χ1) is 16.2. The third-order valence-corrected chi connectivity index (χ3v) is 9.16. The van der Waals surface area contributed by atoms with E-state index in [9.17, 15) is 14.0 Å². The zero-order valence-electron chi connectivity index (χ0n) is 19.1. The van der Waals surface area contributed by atoms with E-state index < -0.39 is 22.0 Å². The average molecular weight is 498 g/mol. The molecule has 2 fully saturated rings. The lowest BCUT2D eigenvalue weighted by Gasteiger charge is -2.42. The Balaban J connectivity index is 1.84. The number of hydrogen-bond donors (Lipinski definition) is 0. The Morgan fingerprint density at radius 1 is 1.24 bits per heavy atom. The number of anilines is 1. The van der Waals surface area contributed by atoms with Gasteiger partial charge in [0.15, 0.2) is 5.54 Å². The van der Waals surface area contributed by atoms with Gasteiger partial charge in [-0.05, 0) is 42.9 Å². The van der Waals surface area contributed by atoms with Gasteiger partial charge in [0.25, 0.3) is 5.91 Å². The molecule has 9 heteroatoms. The molecule has 34 heavy (non-hydrogen) atoms. The van der Waals surface area contributed by atoms with E-state index in [1.54, 1.807) is 26.3 Å². The van der Waals surface area contributed by atoms with Crippen LogP contribution in [0.1, 0.15) is 17.0 Å². The van der Waals surface area contributed by atoms with E-state index in [-0.39, 0.29) is 18.4 Å². The minimum Gasteiger partial charge on any atom is -0.497 e. The molecular weight excluding hydrogens is 473 g/mol. The molecule has 176 valence electrons. The highest BCUT2D eigenvalue weighted by molar-refractivity contribution is 8.25. The molecule has 0 aromatic heterocycles. The van der Waals surface area contributed by atoms with Gasteiger partial charge in [-0.15, -0.1) is 6.58 Å². The summed E-state index contributed by atoms with van der Waals surface area (Å²) in [6.07, 6.45) is 1.62. The van der Waals surface area contributed by atoms with Crippen LogP contribution in [0.5, 0.6) is 5.75 Å². The molecule has 3 aliphatic rings. The summed E-state index contributed by atoms with van der Waals surface area (Å²) in [6, 6.07) is 11.8. The lowest BCUT2D eigenvalue weighted by atomic mass is 9.72. The van der Waals surface area contributed by atoms with E-state index in [1.807, 2.05) is 36.2 Å². The van der Waals surface area contributed by atoms with E-state index in [0.29, 0.717) is 27.9 Å². The maximum Gasteiger partial charge on any atom is 0.254 e. The number of hydrogen-bond acceptors (Lipinski definition) is 6. The second-order valence-corrected chi connectivity index (χ2v) is 10.6. The van der Waals surface area contributed by atoms with Gasteiger partial charge in [0.05, 0.1) is 7.11 Å². The number of methoxy groups -OCH3 is 1. The molecule has 0 aliphatic carbocycles. The first-order valence-corrected chi connectivity index (χ1v) is 12.1. The molecule has 6 nitrogen and oxygen atoms in total. The van der Waals surface area contributed by atoms with Gasteiger partial charge in [0.1, 0.15) is 20.6 Å². The van der Waals surface area contributed by atoms with Gasteiger partial charge in [-0.3, -0.25) is 19.4 Å². The predicted octanol–water partition coefficient (Wildman–Crippen LogP) is 3.52. The number of benzene rings is 2. The van der Waals surface area contributed by atoms with Crippen molar-refractivity contribution in [3.8, 4) is 5.75 Å². The summed E-state index contributed by atoms with van der Waals surface area (Å²) in [4.78, 5) is 33.5. The van der Waals surface area contributed by atoms with Crippen molar-refractivity contribution in [2.45, 2.75) is 16.2 Å². The highest BCUT2D eigenvalue weighted by atomic mass is 32.2. The van der Waals surface area contributed by atoms with Crippen molar-refractivity contribution in [1.82, 2.24) is 9.80 Å². The zero-order chi connectivity index (χ0) is 24.4. The van der Waals surface area contributed by atoms with Crippen LogP contribution in [0.4, 0.5) is 10.1 Å². The third-order valence-electron chi connectivity index (χ3n) is 7.22. The van der Waals surface area contributed by atoms with Crippen molar-refractivity contribution >= 4 is 45.8 Å². The molecule has 3 heterocycles. The molecule has 3 aliphatic heterocycles. The SMILES string of the molecule is C=CCN1C(=O)[C@]2(SC1=S)[C@H](c1cccc(OC)c1)CN(C)[C@@]21C(=O)N(C)c2ccc(F)cc21. The number of carbonyl (C=O) groups excluding carboxylic acids is 2. The second-order valence-electron chi connectivity index (χ2n) is 8.75. The van der Waals surface area contributed by atoms with Crippen molar-refractivity contribution in [3.63, 3.8) is 0 Å². The topological polar surface area (TPSA) is 53.1 Å². The first kappa shape index (κ1) is 23.0. The molecule has 0 radical (unpaired) electrons. The Hall–Kier alpha value is -2.75. The summed E-state index contributed by atoms with van der Waals surface area (Å²) in [7, 11) is 5.07. The molecule has 2 spiro atoms. The fourth-order valence-corrected chi connectivity index (χ4v) is 7.96. The molecule has 3 atom stereocenters. The van der Waals surface area contributed by atoms with Gasteiger partial charge in [-0.25, -0.2) is 4.39 Å². The van der Waals surface area contributed by atoms with E-state index in [1.165, 1.54) is 33.7 Å². The number of rotatable bonds is 4. The largest absolute Gasteiger partial charge is 0.497 e. The van der Waals surface area contributed by atoms with Gasteiger partial charge in [-0.1, -0.05) is 42.2 Å². The summed E-state index contributed by atoms with van der Waals surface area (Å²) >= 11 is 6.90. The summed E-state index contributed by atoms with van der Waals surface area (Å²) in [6.45, 7) is 4.40. The number of amides is 2. The van der Waals surface area contributed by atoms with Crippen LogP contribution in [0, 0.1) is 5.82 Å². The number of thioether (sulfide) groups is 1. The molecular formula is C25H24FN3O3S2. The molecule has 0 bridgehead atoms. The Kier molecular flexibility index (Phi) is 5.34. The Morgan fingerprint density at radius 3 is 2.71 bits per heavy atom. The number of fused-ring (bicyclic) bond motifs is 3. The van der Waals surface area contributed by atoms with Crippen LogP contribution in [-0.4, -0.2) is 65.0 Å². The van der Waals surface area contributed by atoms with Crippen LogP contribution in [0.3, 0.4) is 0 Å².